The molecule has 0 aliphatic carbocycles. The molecule has 0 spiro atoms. The van der Waals surface area contributed by atoms with Crippen molar-refractivity contribution in [3.8, 4) is 0 Å². The number of hydrogen-bond acceptors (Lipinski definition) is 4. The Balaban J connectivity index is 2.27. The van der Waals surface area contributed by atoms with Gasteiger partial charge in [0, 0.05) is 12.5 Å². The minimum absolute atomic E-state index is 0.0744. The van der Waals surface area contributed by atoms with Gasteiger partial charge >= 0.3 is 0 Å². The minimum atomic E-state index is -3.16. The molecule has 1 rings (SSSR count). The average Bonchev–Trinajstić information content (AvgIpc) is 2.78. The first kappa shape index (κ1) is 15.2. The molecule has 5 nitrogen and oxygen atoms in total. The lowest BCUT2D eigenvalue weighted by molar-refractivity contribution is 0.480. The van der Waals surface area contributed by atoms with Crippen LogP contribution in [0.2, 0.25) is 0 Å². The highest BCUT2D eigenvalue weighted by Gasteiger charge is 2.14. The Bertz CT molecular complexity index is 415. The normalized spacial score (nSPS) is 13.7. The van der Waals surface area contributed by atoms with Gasteiger partial charge in [-0.25, -0.2) is 13.1 Å². The number of hydrogen-bond donors (Lipinski definition) is 2. The first-order valence-electron chi connectivity index (χ1n) is 6.20. The van der Waals surface area contributed by atoms with Crippen LogP contribution in [0.25, 0.3) is 0 Å². The van der Waals surface area contributed by atoms with Gasteiger partial charge in [0.05, 0.1) is 12.0 Å². The van der Waals surface area contributed by atoms with Gasteiger partial charge in [-0.2, -0.15) is 0 Å². The van der Waals surface area contributed by atoms with E-state index in [0.29, 0.717) is 13.0 Å². The van der Waals surface area contributed by atoms with Crippen molar-refractivity contribution in [2.45, 2.75) is 32.2 Å². The van der Waals surface area contributed by atoms with E-state index < -0.39 is 10.0 Å². The Labute approximate surface area is 109 Å². The second kappa shape index (κ2) is 7.56. The largest absolute Gasteiger partial charge is 0.469 e. The molecule has 18 heavy (non-hydrogen) atoms. The van der Waals surface area contributed by atoms with Crippen LogP contribution in [0.5, 0.6) is 0 Å². The van der Waals surface area contributed by atoms with Crippen molar-refractivity contribution in [2.24, 2.45) is 0 Å². The zero-order valence-corrected chi connectivity index (χ0v) is 11.8. The van der Waals surface area contributed by atoms with E-state index >= 15 is 0 Å². The molecule has 1 aromatic heterocycles. The summed E-state index contributed by atoms with van der Waals surface area (Å²) in [6, 6.07) is 3.66. The zero-order valence-electron chi connectivity index (χ0n) is 11.0. The molecule has 0 fully saturated rings. The van der Waals surface area contributed by atoms with E-state index in [-0.39, 0.29) is 11.8 Å². The molecule has 0 amide bonds. The van der Waals surface area contributed by atoms with Gasteiger partial charge in [0.25, 0.3) is 0 Å². The van der Waals surface area contributed by atoms with Gasteiger partial charge in [0.2, 0.25) is 10.0 Å². The maximum absolute atomic E-state index is 11.7. The Morgan fingerprint density at radius 1 is 1.44 bits per heavy atom. The third kappa shape index (κ3) is 6.18. The van der Waals surface area contributed by atoms with Gasteiger partial charge in [0.15, 0.2) is 0 Å². The second-order valence-corrected chi connectivity index (χ2v) is 6.29. The van der Waals surface area contributed by atoms with Crippen molar-refractivity contribution in [1.29, 1.82) is 0 Å². The molecule has 0 bridgehead atoms. The van der Waals surface area contributed by atoms with Crippen LogP contribution >= 0.6 is 0 Å². The molecule has 0 saturated carbocycles. The average molecular weight is 274 g/mol. The van der Waals surface area contributed by atoms with Crippen LogP contribution in [-0.4, -0.2) is 33.8 Å². The summed E-state index contributed by atoms with van der Waals surface area (Å²) in [4.78, 5) is 0. The highest BCUT2D eigenvalue weighted by atomic mass is 32.2. The van der Waals surface area contributed by atoms with Gasteiger partial charge in [-0.05, 0) is 45.5 Å². The lowest BCUT2D eigenvalue weighted by atomic mass is 10.2. The molecule has 1 aromatic rings. The zero-order chi connectivity index (χ0) is 13.4. The van der Waals surface area contributed by atoms with E-state index in [1.165, 1.54) is 0 Å². The molecule has 0 aliphatic heterocycles. The Kier molecular flexibility index (Phi) is 6.38. The first-order chi connectivity index (χ1) is 8.53. The fraction of sp³-hybridized carbons (Fsp3) is 0.667. The monoisotopic (exact) mass is 274 g/mol. The van der Waals surface area contributed by atoms with Crippen molar-refractivity contribution < 1.29 is 12.8 Å². The van der Waals surface area contributed by atoms with Gasteiger partial charge in [-0.3, -0.25) is 0 Å². The summed E-state index contributed by atoms with van der Waals surface area (Å²) in [5.41, 5.74) is 0. The molecule has 1 unspecified atom stereocenters. The van der Waals surface area contributed by atoms with E-state index in [1.807, 2.05) is 26.1 Å². The molecule has 1 atom stereocenters. The fourth-order valence-electron chi connectivity index (χ4n) is 1.68. The van der Waals surface area contributed by atoms with Crippen LogP contribution in [0.3, 0.4) is 0 Å². The summed E-state index contributed by atoms with van der Waals surface area (Å²) >= 11 is 0. The van der Waals surface area contributed by atoms with E-state index in [9.17, 15) is 8.42 Å². The number of aryl methyl sites for hydroxylation is 1. The van der Waals surface area contributed by atoms with E-state index in [0.717, 1.165) is 18.6 Å². The molecule has 0 radical (unpaired) electrons. The predicted octanol–water partition coefficient (Wildman–Crippen LogP) is 1.13. The number of sulfonamides is 1. The first-order valence-corrected chi connectivity index (χ1v) is 7.85. The van der Waals surface area contributed by atoms with Crippen LogP contribution in [0, 0.1) is 0 Å². The number of furan rings is 1. The summed E-state index contributed by atoms with van der Waals surface area (Å²) in [6.07, 6.45) is 3.73. The van der Waals surface area contributed by atoms with E-state index in [4.69, 9.17) is 4.42 Å². The highest BCUT2D eigenvalue weighted by molar-refractivity contribution is 7.89. The van der Waals surface area contributed by atoms with Crippen molar-refractivity contribution in [2.75, 3.05) is 19.3 Å². The summed E-state index contributed by atoms with van der Waals surface area (Å²) in [7, 11) is -1.35. The van der Waals surface area contributed by atoms with Gasteiger partial charge in [-0.1, -0.05) is 0 Å². The molecule has 6 heteroatoms. The maximum Gasteiger partial charge on any atom is 0.211 e. The van der Waals surface area contributed by atoms with Crippen molar-refractivity contribution in [3.63, 3.8) is 0 Å². The summed E-state index contributed by atoms with van der Waals surface area (Å²) in [6.45, 7) is 2.58. The van der Waals surface area contributed by atoms with Gasteiger partial charge < -0.3 is 9.73 Å². The molecule has 0 aromatic carbocycles. The molecule has 2 N–H and O–H groups in total. The van der Waals surface area contributed by atoms with Crippen LogP contribution in [0.1, 0.15) is 25.5 Å². The van der Waals surface area contributed by atoms with E-state index in [2.05, 4.69) is 10.0 Å². The summed E-state index contributed by atoms with van der Waals surface area (Å²) < 4.78 is 31.3. The Morgan fingerprint density at radius 3 is 2.83 bits per heavy atom. The van der Waals surface area contributed by atoms with Gasteiger partial charge in [-0.15, -0.1) is 0 Å². The topological polar surface area (TPSA) is 71.3 Å². The Morgan fingerprint density at radius 2 is 2.22 bits per heavy atom. The summed E-state index contributed by atoms with van der Waals surface area (Å²) in [5.74, 6) is 1.05. The van der Waals surface area contributed by atoms with Gasteiger partial charge in [0.1, 0.15) is 5.76 Å². The number of nitrogens with one attached hydrogen (secondary N) is 2. The van der Waals surface area contributed by atoms with Crippen molar-refractivity contribution in [1.82, 2.24) is 10.0 Å². The van der Waals surface area contributed by atoms with Crippen molar-refractivity contribution >= 4 is 10.0 Å². The van der Waals surface area contributed by atoms with Crippen molar-refractivity contribution in [3.05, 3.63) is 24.2 Å². The quantitative estimate of drug-likeness (QED) is 0.662. The maximum atomic E-state index is 11.7. The SMILES string of the molecule is CNCCCS(=O)(=O)NC(C)CCc1ccco1. The molecular formula is C12H22N2O3S. The number of rotatable bonds is 9. The van der Waals surface area contributed by atoms with Crippen LogP contribution in [0.4, 0.5) is 0 Å². The fourth-order valence-corrected chi connectivity index (χ4v) is 3.05. The molecule has 1 heterocycles. The third-order valence-electron chi connectivity index (χ3n) is 2.62. The lowest BCUT2D eigenvalue weighted by Gasteiger charge is -2.13. The minimum Gasteiger partial charge on any atom is -0.469 e. The lowest BCUT2D eigenvalue weighted by Crippen LogP contribution is -2.35. The molecule has 0 aliphatic rings. The van der Waals surface area contributed by atoms with Crippen LogP contribution < -0.4 is 10.0 Å². The molecular weight excluding hydrogens is 252 g/mol. The predicted molar refractivity (Wildman–Crippen MR) is 72.0 cm³/mol. The van der Waals surface area contributed by atoms with Crippen LogP contribution in [-0.2, 0) is 16.4 Å². The second-order valence-electron chi connectivity index (χ2n) is 4.41. The molecule has 104 valence electrons. The molecule has 0 saturated heterocycles. The smallest absolute Gasteiger partial charge is 0.211 e. The van der Waals surface area contributed by atoms with E-state index in [1.54, 1.807) is 6.26 Å². The van der Waals surface area contributed by atoms with Crippen LogP contribution in [0.15, 0.2) is 22.8 Å². The third-order valence-corrected chi connectivity index (χ3v) is 4.21. The Hall–Kier alpha value is -0.850. The summed E-state index contributed by atoms with van der Waals surface area (Å²) in [5, 5.41) is 2.93. The highest BCUT2D eigenvalue weighted by Crippen LogP contribution is 2.06. The standard InChI is InChI=1S/C12H22N2O3S/c1-11(6-7-12-5-3-9-17-12)14-18(15,16)10-4-8-13-2/h3,5,9,11,13-14H,4,6-8,10H2,1-2H3.